The molecule has 0 radical (unpaired) electrons. The van der Waals surface area contributed by atoms with Gasteiger partial charge in [-0.3, -0.25) is 9.59 Å². The van der Waals surface area contributed by atoms with E-state index in [2.05, 4.69) is 5.32 Å². The number of benzene rings is 1. The minimum atomic E-state index is -0.423. The molecule has 1 aliphatic heterocycles. The SMILES string of the molecule is CCCOc1ccc(N2C(=O)C[C@@H](NC(C)C)C2=O)cc1. The van der Waals surface area contributed by atoms with Crippen molar-refractivity contribution >= 4 is 17.5 Å². The van der Waals surface area contributed by atoms with Crippen LogP contribution in [0.5, 0.6) is 5.75 Å². The van der Waals surface area contributed by atoms with Crippen molar-refractivity contribution in [2.45, 2.75) is 45.7 Å². The van der Waals surface area contributed by atoms with Gasteiger partial charge in [0.15, 0.2) is 0 Å². The number of rotatable bonds is 6. The maximum absolute atomic E-state index is 12.3. The monoisotopic (exact) mass is 290 g/mol. The van der Waals surface area contributed by atoms with Gasteiger partial charge >= 0.3 is 0 Å². The fourth-order valence-electron chi connectivity index (χ4n) is 2.35. The highest BCUT2D eigenvalue weighted by atomic mass is 16.5. The van der Waals surface area contributed by atoms with Gasteiger partial charge < -0.3 is 10.1 Å². The molecule has 2 rings (SSSR count). The Morgan fingerprint density at radius 2 is 1.95 bits per heavy atom. The molecule has 0 spiro atoms. The van der Waals surface area contributed by atoms with E-state index in [0.29, 0.717) is 12.3 Å². The molecule has 0 saturated carbocycles. The highest BCUT2D eigenvalue weighted by molar-refractivity contribution is 6.22. The summed E-state index contributed by atoms with van der Waals surface area (Å²) in [6.45, 7) is 6.61. The molecule has 1 fully saturated rings. The number of nitrogens with one attached hydrogen (secondary N) is 1. The van der Waals surface area contributed by atoms with Crippen LogP contribution in [0.1, 0.15) is 33.6 Å². The third-order valence-electron chi connectivity index (χ3n) is 3.25. The van der Waals surface area contributed by atoms with Crippen molar-refractivity contribution in [3.63, 3.8) is 0 Å². The Hall–Kier alpha value is -1.88. The van der Waals surface area contributed by atoms with Gasteiger partial charge in [-0.1, -0.05) is 20.8 Å². The van der Waals surface area contributed by atoms with Crippen molar-refractivity contribution in [1.29, 1.82) is 0 Å². The van der Waals surface area contributed by atoms with Crippen LogP contribution < -0.4 is 15.0 Å². The first kappa shape index (κ1) is 15.5. The van der Waals surface area contributed by atoms with Crippen LogP contribution in [0.4, 0.5) is 5.69 Å². The number of nitrogens with zero attached hydrogens (tertiary/aromatic N) is 1. The Balaban J connectivity index is 2.10. The van der Waals surface area contributed by atoms with Crippen LogP contribution in [-0.4, -0.2) is 30.5 Å². The zero-order chi connectivity index (χ0) is 15.4. The van der Waals surface area contributed by atoms with Crippen molar-refractivity contribution in [3.05, 3.63) is 24.3 Å². The molecule has 5 heteroatoms. The molecule has 5 nitrogen and oxygen atoms in total. The van der Waals surface area contributed by atoms with Gasteiger partial charge in [-0.25, -0.2) is 4.90 Å². The van der Waals surface area contributed by atoms with Gasteiger partial charge in [-0.15, -0.1) is 0 Å². The fraction of sp³-hybridized carbons (Fsp3) is 0.500. The van der Waals surface area contributed by atoms with Crippen LogP contribution in [0, 0.1) is 0 Å². The third-order valence-corrected chi connectivity index (χ3v) is 3.25. The van der Waals surface area contributed by atoms with Crippen molar-refractivity contribution in [2.75, 3.05) is 11.5 Å². The molecule has 0 aromatic heterocycles. The van der Waals surface area contributed by atoms with E-state index in [9.17, 15) is 9.59 Å². The van der Waals surface area contributed by atoms with Crippen molar-refractivity contribution in [2.24, 2.45) is 0 Å². The summed E-state index contributed by atoms with van der Waals surface area (Å²) >= 11 is 0. The van der Waals surface area contributed by atoms with E-state index >= 15 is 0 Å². The maximum Gasteiger partial charge on any atom is 0.251 e. The van der Waals surface area contributed by atoms with E-state index in [0.717, 1.165) is 12.2 Å². The van der Waals surface area contributed by atoms with Gasteiger partial charge in [0.2, 0.25) is 5.91 Å². The van der Waals surface area contributed by atoms with E-state index in [4.69, 9.17) is 4.74 Å². The lowest BCUT2D eigenvalue weighted by molar-refractivity contribution is -0.121. The second-order valence-electron chi connectivity index (χ2n) is 5.49. The summed E-state index contributed by atoms with van der Waals surface area (Å²) in [5.41, 5.74) is 0.599. The zero-order valence-corrected chi connectivity index (χ0v) is 12.8. The summed E-state index contributed by atoms with van der Waals surface area (Å²) in [7, 11) is 0. The third kappa shape index (κ3) is 3.61. The lowest BCUT2D eigenvalue weighted by Crippen LogP contribution is -2.41. The average Bonchev–Trinajstić information content (AvgIpc) is 2.71. The summed E-state index contributed by atoms with van der Waals surface area (Å²) < 4.78 is 5.50. The normalized spacial score (nSPS) is 18.7. The van der Waals surface area contributed by atoms with Crippen molar-refractivity contribution in [1.82, 2.24) is 5.32 Å². The van der Waals surface area contributed by atoms with Crippen LogP contribution in [0.2, 0.25) is 0 Å². The number of hydrogen-bond acceptors (Lipinski definition) is 4. The van der Waals surface area contributed by atoms with Gasteiger partial charge in [-0.2, -0.15) is 0 Å². The molecule has 1 N–H and O–H groups in total. The number of anilines is 1. The molecule has 114 valence electrons. The first-order chi connectivity index (χ1) is 10.0. The fourth-order valence-corrected chi connectivity index (χ4v) is 2.35. The molecule has 2 amide bonds. The standard InChI is InChI=1S/C16H22N2O3/c1-4-9-21-13-7-5-12(6-8-13)18-15(19)10-14(16(18)20)17-11(2)3/h5-8,11,14,17H,4,9-10H2,1-3H3/t14-/m1/s1. The number of carbonyl (C=O) groups is 2. The molecular weight excluding hydrogens is 268 g/mol. The van der Waals surface area contributed by atoms with Crippen LogP contribution in [0.3, 0.4) is 0 Å². The topological polar surface area (TPSA) is 58.6 Å². The summed E-state index contributed by atoms with van der Waals surface area (Å²) in [5, 5.41) is 3.12. The van der Waals surface area contributed by atoms with Crippen LogP contribution in [0.15, 0.2) is 24.3 Å². The lowest BCUT2D eigenvalue weighted by atomic mass is 10.2. The number of hydrogen-bond donors (Lipinski definition) is 1. The Labute approximate surface area is 125 Å². The molecule has 1 saturated heterocycles. The van der Waals surface area contributed by atoms with E-state index in [1.165, 1.54) is 4.90 Å². The van der Waals surface area contributed by atoms with Crippen LogP contribution >= 0.6 is 0 Å². The second-order valence-corrected chi connectivity index (χ2v) is 5.49. The number of imide groups is 1. The van der Waals surface area contributed by atoms with Gasteiger partial charge in [0, 0.05) is 6.04 Å². The molecule has 1 aromatic rings. The molecule has 1 atom stereocenters. The highest BCUT2D eigenvalue weighted by Crippen LogP contribution is 2.25. The number of amides is 2. The predicted octanol–water partition coefficient (Wildman–Crippen LogP) is 2.11. The molecule has 1 aliphatic rings. The van der Waals surface area contributed by atoms with E-state index in [1.807, 2.05) is 20.8 Å². The summed E-state index contributed by atoms with van der Waals surface area (Å²) in [4.78, 5) is 25.6. The first-order valence-electron chi connectivity index (χ1n) is 7.38. The Bertz CT molecular complexity index is 511. The molecule has 1 heterocycles. The van der Waals surface area contributed by atoms with Gasteiger partial charge in [0.25, 0.3) is 5.91 Å². The molecule has 1 aromatic carbocycles. The Kier molecular flexibility index (Phi) is 4.96. The van der Waals surface area contributed by atoms with E-state index < -0.39 is 6.04 Å². The zero-order valence-electron chi connectivity index (χ0n) is 12.8. The molecule has 0 unspecified atom stereocenters. The van der Waals surface area contributed by atoms with E-state index in [1.54, 1.807) is 24.3 Å². The molecule has 0 bridgehead atoms. The second kappa shape index (κ2) is 6.72. The van der Waals surface area contributed by atoms with Crippen molar-refractivity contribution < 1.29 is 14.3 Å². The average molecular weight is 290 g/mol. The van der Waals surface area contributed by atoms with Gasteiger partial charge in [0.05, 0.1) is 24.8 Å². The minimum Gasteiger partial charge on any atom is -0.494 e. The highest BCUT2D eigenvalue weighted by Gasteiger charge is 2.39. The lowest BCUT2D eigenvalue weighted by Gasteiger charge is -2.17. The number of carbonyl (C=O) groups excluding carboxylic acids is 2. The quantitative estimate of drug-likeness (QED) is 0.815. The summed E-state index contributed by atoms with van der Waals surface area (Å²) in [6.07, 6.45) is 1.15. The molecular formula is C16H22N2O3. The number of ether oxygens (including phenoxy) is 1. The molecule has 21 heavy (non-hydrogen) atoms. The maximum atomic E-state index is 12.3. The minimum absolute atomic E-state index is 0.163. The first-order valence-corrected chi connectivity index (χ1v) is 7.38. The van der Waals surface area contributed by atoms with Crippen molar-refractivity contribution in [3.8, 4) is 5.75 Å². The Morgan fingerprint density at radius 1 is 1.29 bits per heavy atom. The predicted molar refractivity (Wildman–Crippen MR) is 81.4 cm³/mol. The molecule has 0 aliphatic carbocycles. The van der Waals surface area contributed by atoms with Crippen LogP contribution in [-0.2, 0) is 9.59 Å². The summed E-state index contributed by atoms with van der Waals surface area (Å²) in [5.74, 6) is 0.396. The smallest absolute Gasteiger partial charge is 0.251 e. The Morgan fingerprint density at radius 3 is 2.52 bits per heavy atom. The van der Waals surface area contributed by atoms with Gasteiger partial charge in [-0.05, 0) is 30.7 Å². The van der Waals surface area contributed by atoms with Gasteiger partial charge in [0.1, 0.15) is 5.75 Å². The summed E-state index contributed by atoms with van der Waals surface area (Å²) in [6, 6.07) is 6.81. The largest absolute Gasteiger partial charge is 0.494 e. The van der Waals surface area contributed by atoms with Crippen LogP contribution in [0.25, 0.3) is 0 Å². The van der Waals surface area contributed by atoms with E-state index in [-0.39, 0.29) is 24.3 Å².